The Morgan fingerprint density at radius 2 is 2.06 bits per heavy atom. The molecule has 1 unspecified atom stereocenters. The molecule has 1 atom stereocenters. The highest BCUT2D eigenvalue weighted by Gasteiger charge is 2.38. The van der Waals surface area contributed by atoms with E-state index in [2.05, 4.69) is 5.32 Å². The lowest BCUT2D eigenvalue weighted by Crippen LogP contribution is -2.42. The molecule has 96 valence electrons. The molecule has 0 saturated heterocycles. The van der Waals surface area contributed by atoms with Crippen molar-refractivity contribution in [3.8, 4) is 5.75 Å². The molecule has 1 aromatic carbocycles. The second kappa shape index (κ2) is 4.64. The van der Waals surface area contributed by atoms with Crippen LogP contribution in [0.5, 0.6) is 5.75 Å². The van der Waals surface area contributed by atoms with Gasteiger partial charge in [0.15, 0.2) is 0 Å². The molecule has 0 bridgehead atoms. The van der Waals surface area contributed by atoms with E-state index < -0.39 is 35.0 Å². The second-order valence-corrected chi connectivity index (χ2v) is 4.26. The number of nitrogens with one attached hydrogen (secondary N) is 1. The lowest BCUT2D eigenvalue weighted by molar-refractivity contribution is -0.139. The van der Waals surface area contributed by atoms with E-state index in [1.807, 2.05) is 0 Å². The summed E-state index contributed by atoms with van der Waals surface area (Å²) >= 11 is 0. The fourth-order valence-electron chi connectivity index (χ4n) is 1.76. The summed E-state index contributed by atoms with van der Waals surface area (Å²) in [5.74, 6) is -3.56. The maximum atomic E-state index is 13.4. The summed E-state index contributed by atoms with van der Waals surface area (Å²) in [5, 5.41) is 20.6. The first kappa shape index (κ1) is 12.3. The second-order valence-electron chi connectivity index (χ2n) is 4.26. The Bertz CT molecular complexity index is 479. The van der Waals surface area contributed by atoms with Gasteiger partial charge in [0.25, 0.3) is 5.91 Å². The molecule has 1 fully saturated rings. The normalized spacial score (nSPS) is 16.1. The van der Waals surface area contributed by atoms with Crippen LogP contribution in [0.3, 0.4) is 0 Å². The van der Waals surface area contributed by atoms with E-state index in [1.54, 1.807) is 0 Å². The van der Waals surface area contributed by atoms with Gasteiger partial charge < -0.3 is 15.5 Å². The molecule has 1 saturated carbocycles. The number of carbonyl (C=O) groups is 2. The Morgan fingerprint density at radius 1 is 1.39 bits per heavy atom. The van der Waals surface area contributed by atoms with E-state index in [4.69, 9.17) is 5.11 Å². The van der Waals surface area contributed by atoms with E-state index in [-0.39, 0.29) is 5.92 Å². The topological polar surface area (TPSA) is 86.6 Å². The minimum atomic E-state index is -1.15. The Balaban J connectivity index is 2.18. The van der Waals surface area contributed by atoms with Crippen molar-refractivity contribution in [3.63, 3.8) is 0 Å². The van der Waals surface area contributed by atoms with Gasteiger partial charge in [0.05, 0.1) is 0 Å². The first-order valence-corrected chi connectivity index (χ1v) is 5.52. The molecule has 0 aliphatic heterocycles. The standard InChI is InChI=1S/C12H12FNO4/c13-7-2-1-3-8(15)9(7)11(16)14-10(12(17)18)6-4-5-6/h1-3,6,10,15H,4-5H2,(H,14,16)(H,17,18). The number of aliphatic carboxylic acids is 1. The summed E-state index contributed by atoms with van der Waals surface area (Å²) in [5.41, 5.74) is -0.524. The van der Waals surface area contributed by atoms with Crippen molar-refractivity contribution in [1.82, 2.24) is 5.32 Å². The third kappa shape index (κ3) is 2.42. The molecule has 1 aromatic rings. The minimum Gasteiger partial charge on any atom is -0.507 e. The van der Waals surface area contributed by atoms with Gasteiger partial charge in [-0.1, -0.05) is 6.07 Å². The molecule has 18 heavy (non-hydrogen) atoms. The van der Waals surface area contributed by atoms with Crippen LogP contribution in [-0.4, -0.2) is 28.1 Å². The summed E-state index contributed by atoms with van der Waals surface area (Å²) in [6.45, 7) is 0. The van der Waals surface area contributed by atoms with Crippen molar-refractivity contribution in [3.05, 3.63) is 29.6 Å². The van der Waals surface area contributed by atoms with Gasteiger partial charge >= 0.3 is 5.97 Å². The predicted octanol–water partition coefficient (Wildman–Crippen LogP) is 1.12. The van der Waals surface area contributed by atoms with Gasteiger partial charge in [-0.25, -0.2) is 9.18 Å². The number of phenolic OH excluding ortho intramolecular Hbond substituents is 1. The van der Waals surface area contributed by atoms with Gasteiger partial charge in [0.1, 0.15) is 23.2 Å². The third-order valence-corrected chi connectivity index (χ3v) is 2.86. The summed E-state index contributed by atoms with van der Waals surface area (Å²) in [4.78, 5) is 22.7. The fourth-order valence-corrected chi connectivity index (χ4v) is 1.76. The molecule has 0 spiro atoms. The maximum absolute atomic E-state index is 13.4. The van der Waals surface area contributed by atoms with Gasteiger partial charge in [-0.2, -0.15) is 0 Å². The van der Waals surface area contributed by atoms with Crippen molar-refractivity contribution in [1.29, 1.82) is 0 Å². The predicted molar refractivity (Wildman–Crippen MR) is 59.7 cm³/mol. The Hall–Kier alpha value is -2.11. The lowest BCUT2D eigenvalue weighted by Gasteiger charge is -2.14. The highest BCUT2D eigenvalue weighted by Crippen LogP contribution is 2.33. The van der Waals surface area contributed by atoms with E-state index in [1.165, 1.54) is 12.1 Å². The first-order chi connectivity index (χ1) is 8.50. The number of rotatable bonds is 4. The molecule has 5 nitrogen and oxygen atoms in total. The van der Waals surface area contributed by atoms with Crippen LogP contribution in [0.25, 0.3) is 0 Å². The van der Waals surface area contributed by atoms with Crippen LogP contribution in [0, 0.1) is 11.7 Å². The van der Waals surface area contributed by atoms with Crippen LogP contribution in [-0.2, 0) is 4.79 Å². The molecule has 0 aromatic heterocycles. The molecule has 6 heteroatoms. The number of carboxylic acids is 1. The number of hydrogen-bond donors (Lipinski definition) is 3. The quantitative estimate of drug-likeness (QED) is 0.750. The summed E-state index contributed by atoms with van der Waals surface area (Å²) < 4.78 is 13.4. The Morgan fingerprint density at radius 3 is 2.56 bits per heavy atom. The van der Waals surface area contributed by atoms with E-state index >= 15 is 0 Å². The Labute approximate surface area is 102 Å². The fraction of sp³-hybridized carbons (Fsp3) is 0.333. The molecule has 3 N–H and O–H groups in total. The summed E-state index contributed by atoms with van der Waals surface area (Å²) in [7, 11) is 0. The number of carbonyl (C=O) groups excluding carboxylic acids is 1. The van der Waals surface area contributed by atoms with Gasteiger partial charge in [0, 0.05) is 0 Å². The monoisotopic (exact) mass is 253 g/mol. The molecular weight excluding hydrogens is 241 g/mol. The smallest absolute Gasteiger partial charge is 0.326 e. The van der Waals surface area contributed by atoms with Crippen molar-refractivity contribution in [2.24, 2.45) is 5.92 Å². The number of benzene rings is 1. The lowest BCUT2D eigenvalue weighted by atomic mass is 10.1. The number of aromatic hydroxyl groups is 1. The Kier molecular flexibility index (Phi) is 3.18. The molecule has 1 amide bonds. The largest absolute Gasteiger partial charge is 0.507 e. The summed E-state index contributed by atoms with van der Waals surface area (Å²) in [6, 6.07) is 2.43. The number of amides is 1. The van der Waals surface area contributed by atoms with Gasteiger partial charge in [0.2, 0.25) is 0 Å². The number of phenols is 1. The SMILES string of the molecule is O=C(NC(C(=O)O)C1CC1)c1c(O)cccc1F. The van der Waals surface area contributed by atoms with Crippen LogP contribution >= 0.6 is 0 Å². The molecular formula is C12H12FNO4. The average Bonchev–Trinajstić information content (AvgIpc) is 3.09. The zero-order valence-corrected chi connectivity index (χ0v) is 9.39. The van der Waals surface area contributed by atoms with Gasteiger partial charge in [-0.15, -0.1) is 0 Å². The van der Waals surface area contributed by atoms with Crippen LogP contribution in [0.2, 0.25) is 0 Å². The number of halogens is 1. The van der Waals surface area contributed by atoms with Crippen molar-refractivity contribution in [2.75, 3.05) is 0 Å². The van der Waals surface area contributed by atoms with E-state index in [0.717, 1.165) is 18.9 Å². The first-order valence-electron chi connectivity index (χ1n) is 5.52. The molecule has 0 radical (unpaired) electrons. The summed E-state index contributed by atoms with van der Waals surface area (Å²) in [6.07, 6.45) is 1.45. The third-order valence-electron chi connectivity index (χ3n) is 2.86. The average molecular weight is 253 g/mol. The zero-order chi connectivity index (χ0) is 13.3. The molecule has 1 aliphatic rings. The van der Waals surface area contributed by atoms with Crippen molar-refractivity contribution >= 4 is 11.9 Å². The van der Waals surface area contributed by atoms with E-state index in [9.17, 15) is 19.1 Å². The van der Waals surface area contributed by atoms with Gasteiger partial charge in [-0.05, 0) is 30.9 Å². The zero-order valence-electron chi connectivity index (χ0n) is 9.39. The molecule has 2 rings (SSSR count). The van der Waals surface area contributed by atoms with Crippen LogP contribution < -0.4 is 5.32 Å². The highest BCUT2D eigenvalue weighted by molar-refractivity contribution is 5.99. The van der Waals surface area contributed by atoms with Crippen LogP contribution in [0.15, 0.2) is 18.2 Å². The molecule has 1 aliphatic carbocycles. The highest BCUT2D eigenvalue weighted by atomic mass is 19.1. The molecule has 0 heterocycles. The number of carboxylic acid groups (broad SMARTS) is 1. The van der Waals surface area contributed by atoms with Crippen LogP contribution in [0.1, 0.15) is 23.2 Å². The number of hydrogen-bond acceptors (Lipinski definition) is 3. The van der Waals surface area contributed by atoms with Crippen LogP contribution in [0.4, 0.5) is 4.39 Å². The van der Waals surface area contributed by atoms with Crippen molar-refractivity contribution < 1.29 is 24.2 Å². The van der Waals surface area contributed by atoms with E-state index in [0.29, 0.717) is 0 Å². The maximum Gasteiger partial charge on any atom is 0.326 e. The van der Waals surface area contributed by atoms with Crippen molar-refractivity contribution in [2.45, 2.75) is 18.9 Å². The van der Waals surface area contributed by atoms with Gasteiger partial charge in [-0.3, -0.25) is 4.79 Å². The minimum absolute atomic E-state index is 0.111.